The highest BCUT2D eigenvalue weighted by Gasteiger charge is 2.17. The van der Waals surface area contributed by atoms with Gasteiger partial charge in [-0.1, -0.05) is 42.5 Å². The molecule has 29 heavy (non-hydrogen) atoms. The SMILES string of the molecule is COc1ccccc1O[C@@H](C)C(=O)Nc1ccc(CSc2ccccc2)cc1C. The highest BCUT2D eigenvalue weighted by atomic mass is 32.2. The first-order valence-electron chi connectivity index (χ1n) is 9.44. The Balaban J connectivity index is 1.59. The number of methoxy groups -OCH3 is 1. The molecule has 0 aliphatic carbocycles. The number of carbonyl (C=O) groups is 1. The van der Waals surface area contributed by atoms with E-state index in [0.29, 0.717) is 11.5 Å². The molecule has 5 heteroatoms. The molecule has 4 nitrogen and oxygen atoms in total. The fraction of sp³-hybridized carbons (Fsp3) is 0.208. The van der Waals surface area contributed by atoms with E-state index in [9.17, 15) is 4.79 Å². The second kappa shape index (κ2) is 10.0. The van der Waals surface area contributed by atoms with Crippen molar-refractivity contribution in [1.82, 2.24) is 0 Å². The lowest BCUT2D eigenvalue weighted by Crippen LogP contribution is -2.30. The van der Waals surface area contributed by atoms with Gasteiger partial charge in [-0.3, -0.25) is 4.79 Å². The number of aryl methyl sites for hydroxylation is 1. The van der Waals surface area contributed by atoms with Gasteiger partial charge in [0.2, 0.25) is 0 Å². The highest BCUT2D eigenvalue weighted by molar-refractivity contribution is 7.98. The third kappa shape index (κ3) is 5.78. The Kier molecular flexibility index (Phi) is 7.19. The molecule has 0 saturated carbocycles. The van der Waals surface area contributed by atoms with E-state index < -0.39 is 6.10 Å². The lowest BCUT2D eigenvalue weighted by molar-refractivity contribution is -0.122. The van der Waals surface area contributed by atoms with Crippen LogP contribution in [-0.2, 0) is 10.5 Å². The first-order valence-corrected chi connectivity index (χ1v) is 10.4. The number of thioether (sulfide) groups is 1. The summed E-state index contributed by atoms with van der Waals surface area (Å²) in [5.74, 6) is 1.82. The zero-order valence-corrected chi connectivity index (χ0v) is 17.7. The molecule has 3 aromatic rings. The quantitative estimate of drug-likeness (QED) is 0.487. The van der Waals surface area contributed by atoms with Gasteiger partial charge in [0, 0.05) is 16.3 Å². The van der Waals surface area contributed by atoms with E-state index >= 15 is 0 Å². The molecule has 0 heterocycles. The molecule has 150 valence electrons. The van der Waals surface area contributed by atoms with Gasteiger partial charge in [-0.2, -0.15) is 0 Å². The van der Waals surface area contributed by atoms with Crippen molar-refractivity contribution in [2.24, 2.45) is 0 Å². The van der Waals surface area contributed by atoms with Gasteiger partial charge in [0.25, 0.3) is 5.91 Å². The molecule has 0 aliphatic rings. The Labute approximate surface area is 176 Å². The Morgan fingerprint density at radius 2 is 1.69 bits per heavy atom. The predicted octanol–water partition coefficient (Wildman–Crippen LogP) is 5.70. The van der Waals surface area contributed by atoms with Crippen molar-refractivity contribution in [3.8, 4) is 11.5 Å². The monoisotopic (exact) mass is 407 g/mol. The zero-order valence-electron chi connectivity index (χ0n) is 16.8. The lowest BCUT2D eigenvalue weighted by Gasteiger charge is -2.17. The van der Waals surface area contributed by atoms with Gasteiger partial charge in [0.05, 0.1) is 7.11 Å². The number of hydrogen-bond donors (Lipinski definition) is 1. The number of ether oxygens (including phenoxy) is 2. The van der Waals surface area contributed by atoms with Crippen LogP contribution >= 0.6 is 11.8 Å². The van der Waals surface area contributed by atoms with Crippen LogP contribution < -0.4 is 14.8 Å². The summed E-state index contributed by atoms with van der Waals surface area (Å²) in [6.07, 6.45) is -0.654. The average molecular weight is 408 g/mol. The first-order chi connectivity index (χ1) is 14.1. The number of carbonyl (C=O) groups excluding carboxylic acids is 1. The maximum atomic E-state index is 12.6. The van der Waals surface area contributed by atoms with Crippen molar-refractivity contribution in [3.05, 3.63) is 83.9 Å². The largest absolute Gasteiger partial charge is 0.493 e. The number of amides is 1. The second-order valence-corrected chi connectivity index (χ2v) is 7.70. The van der Waals surface area contributed by atoms with E-state index in [1.54, 1.807) is 37.9 Å². The van der Waals surface area contributed by atoms with E-state index in [2.05, 4.69) is 23.5 Å². The van der Waals surface area contributed by atoms with Gasteiger partial charge in [-0.15, -0.1) is 11.8 Å². The maximum Gasteiger partial charge on any atom is 0.265 e. The Morgan fingerprint density at radius 1 is 1.00 bits per heavy atom. The van der Waals surface area contributed by atoms with Crippen molar-refractivity contribution >= 4 is 23.4 Å². The third-order valence-electron chi connectivity index (χ3n) is 4.44. The zero-order chi connectivity index (χ0) is 20.6. The molecule has 0 saturated heterocycles. The van der Waals surface area contributed by atoms with Gasteiger partial charge in [-0.25, -0.2) is 0 Å². The normalized spacial score (nSPS) is 11.6. The van der Waals surface area contributed by atoms with E-state index in [0.717, 1.165) is 17.0 Å². The van der Waals surface area contributed by atoms with E-state index in [1.807, 2.05) is 49.4 Å². The van der Waals surface area contributed by atoms with Crippen LogP contribution in [-0.4, -0.2) is 19.1 Å². The number of nitrogens with one attached hydrogen (secondary N) is 1. The summed E-state index contributed by atoms with van der Waals surface area (Å²) in [4.78, 5) is 13.8. The number of hydrogen-bond acceptors (Lipinski definition) is 4. The summed E-state index contributed by atoms with van der Waals surface area (Å²) in [7, 11) is 1.58. The Morgan fingerprint density at radius 3 is 2.38 bits per heavy atom. The highest BCUT2D eigenvalue weighted by Crippen LogP contribution is 2.28. The minimum atomic E-state index is -0.654. The Bertz CT molecular complexity index is 959. The Hall–Kier alpha value is -2.92. The summed E-state index contributed by atoms with van der Waals surface area (Å²) in [5, 5.41) is 2.96. The molecule has 0 spiro atoms. The number of anilines is 1. The molecular formula is C24H25NO3S. The summed E-state index contributed by atoms with van der Waals surface area (Å²) in [6, 6.07) is 23.7. The lowest BCUT2D eigenvalue weighted by atomic mass is 10.1. The summed E-state index contributed by atoms with van der Waals surface area (Å²) >= 11 is 1.79. The molecule has 0 aliphatic heterocycles. The molecule has 0 aromatic heterocycles. The fourth-order valence-electron chi connectivity index (χ4n) is 2.83. The van der Waals surface area contributed by atoms with Crippen LogP contribution in [0.3, 0.4) is 0 Å². The summed E-state index contributed by atoms with van der Waals surface area (Å²) in [6.45, 7) is 3.72. The molecule has 1 N–H and O–H groups in total. The first kappa shape index (κ1) is 20.8. The molecule has 1 atom stereocenters. The maximum absolute atomic E-state index is 12.6. The van der Waals surface area contributed by atoms with Crippen LogP contribution in [0.2, 0.25) is 0 Å². The van der Waals surface area contributed by atoms with Gasteiger partial charge < -0.3 is 14.8 Å². The van der Waals surface area contributed by atoms with Crippen molar-refractivity contribution in [1.29, 1.82) is 0 Å². The van der Waals surface area contributed by atoms with Gasteiger partial charge in [0.15, 0.2) is 17.6 Å². The van der Waals surface area contributed by atoms with Gasteiger partial charge in [-0.05, 0) is 55.3 Å². The number of para-hydroxylation sites is 2. The summed E-state index contributed by atoms with van der Waals surface area (Å²) < 4.78 is 11.1. The van der Waals surface area contributed by atoms with Crippen molar-refractivity contribution < 1.29 is 14.3 Å². The van der Waals surface area contributed by atoms with Crippen molar-refractivity contribution in [3.63, 3.8) is 0 Å². The van der Waals surface area contributed by atoms with Gasteiger partial charge in [0.1, 0.15) is 0 Å². The van der Waals surface area contributed by atoms with Crippen LogP contribution in [0.15, 0.2) is 77.7 Å². The van der Waals surface area contributed by atoms with Crippen LogP contribution in [0.25, 0.3) is 0 Å². The standard InChI is InChI=1S/C24H25NO3S/c1-17-15-19(16-29-20-9-5-4-6-10-20)13-14-21(17)25-24(26)18(2)28-23-12-8-7-11-22(23)27-3/h4-15,18H,16H2,1-3H3,(H,25,26)/t18-/m0/s1. The van der Waals surface area contributed by atoms with Crippen LogP contribution in [0.1, 0.15) is 18.1 Å². The molecule has 0 bridgehead atoms. The fourth-order valence-corrected chi connectivity index (χ4v) is 3.70. The van der Waals surface area contributed by atoms with Crippen LogP contribution in [0.4, 0.5) is 5.69 Å². The molecule has 0 radical (unpaired) electrons. The predicted molar refractivity (Wildman–Crippen MR) is 119 cm³/mol. The molecule has 3 aromatic carbocycles. The van der Waals surface area contributed by atoms with Gasteiger partial charge >= 0.3 is 0 Å². The molecule has 0 fully saturated rings. The molecular weight excluding hydrogens is 382 g/mol. The van der Waals surface area contributed by atoms with E-state index in [4.69, 9.17) is 9.47 Å². The summed E-state index contributed by atoms with van der Waals surface area (Å²) in [5.41, 5.74) is 3.03. The minimum absolute atomic E-state index is 0.203. The molecule has 3 rings (SSSR count). The van der Waals surface area contributed by atoms with E-state index in [-0.39, 0.29) is 5.91 Å². The van der Waals surface area contributed by atoms with Crippen molar-refractivity contribution in [2.75, 3.05) is 12.4 Å². The van der Waals surface area contributed by atoms with Crippen molar-refractivity contribution in [2.45, 2.75) is 30.6 Å². The number of benzene rings is 3. The topological polar surface area (TPSA) is 47.6 Å². The van der Waals surface area contributed by atoms with Crippen LogP contribution in [0.5, 0.6) is 11.5 Å². The third-order valence-corrected chi connectivity index (χ3v) is 5.52. The smallest absolute Gasteiger partial charge is 0.265 e. The average Bonchev–Trinajstić information content (AvgIpc) is 2.75. The van der Waals surface area contributed by atoms with E-state index in [1.165, 1.54) is 10.5 Å². The second-order valence-electron chi connectivity index (χ2n) is 6.65. The molecule has 0 unspecified atom stereocenters. The number of rotatable bonds is 8. The van der Waals surface area contributed by atoms with Crippen LogP contribution in [0, 0.1) is 6.92 Å². The minimum Gasteiger partial charge on any atom is -0.493 e. The molecule has 1 amide bonds.